The summed E-state index contributed by atoms with van der Waals surface area (Å²) in [5.41, 5.74) is 0. The van der Waals surface area contributed by atoms with E-state index in [0.29, 0.717) is 12.3 Å². The average Bonchev–Trinajstić information content (AvgIpc) is 2.46. The van der Waals surface area contributed by atoms with Gasteiger partial charge in [0.15, 0.2) is 0 Å². The second-order valence-electron chi connectivity index (χ2n) is 3.69. The highest BCUT2D eigenvalue weighted by molar-refractivity contribution is 8.01. The fraction of sp³-hybridized carbons (Fsp3) is 0.889. The molecular formula is C9H16N2OS. The SMILES string of the molecule is CCCC(=O)N1CCSC12CNC2. The van der Waals surface area contributed by atoms with Gasteiger partial charge < -0.3 is 10.2 Å². The van der Waals surface area contributed by atoms with Crippen LogP contribution >= 0.6 is 11.8 Å². The number of hydrogen-bond donors (Lipinski definition) is 1. The molecule has 0 radical (unpaired) electrons. The first kappa shape index (κ1) is 9.34. The maximum absolute atomic E-state index is 11.7. The van der Waals surface area contributed by atoms with E-state index >= 15 is 0 Å². The van der Waals surface area contributed by atoms with Gasteiger partial charge in [0.2, 0.25) is 5.91 Å². The Bertz CT molecular complexity index is 216. The van der Waals surface area contributed by atoms with Gasteiger partial charge >= 0.3 is 0 Å². The molecule has 2 heterocycles. The van der Waals surface area contributed by atoms with Crippen molar-refractivity contribution in [1.29, 1.82) is 0 Å². The van der Waals surface area contributed by atoms with Crippen LogP contribution in [-0.2, 0) is 4.79 Å². The number of thioether (sulfide) groups is 1. The molecule has 0 saturated carbocycles. The lowest BCUT2D eigenvalue weighted by Gasteiger charge is -2.45. The summed E-state index contributed by atoms with van der Waals surface area (Å²) in [5, 5.41) is 3.26. The van der Waals surface area contributed by atoms with Crippen molar-refractivity contribution in [2.45, 2.75) is 24.6 Å². The fourth-order valence-corrected chi connectivity index (χ4v) is 3.35. The Morgan fingerprint density at radius 1 is 1.62 bits per heavy atom. The summed E-state index contributed by atoms with van der Waals surface area (Å²) in [4.78, 5) is 14.0. The highest BCUT2D eigenvalue weighted by Crippen LogP contribution is 2.39. The second-order valence-corrected chi connectivity index (χ2v) is 5.15. The van der Waals surface area contributed by atoms with E-state index < -0.39 is 0 Å². The van der Waals surface area contributed by atoms with E-state index in [9.17, 15) is 4.79 Å². The molecule has 3 nitrogen and oxygen atoms in total. The van der Waals surface area contributed by atoms with Gasteiger partial charge in [0, 0.05) is 31.8 Å². The molecule has 4 heteroatoms. The standard InChI is InChI=1S/C9H16N2OS/c1-2-3-8(12)11-4-5-13-9(11)6-10-7-9/h10H,2-7H2,1H3. The second kappa shape index (κ2) is 3.50. The average molecular weight is 200 g/mol. The molecule has 0 aromatic rings. The number of nitrogens with zero attached hydrogens (tertiary/aromatic N) is 1. The van der Waals surface area contributed by atoms with Gasteiger partial charge in [0.25, 0.3) is 0 Å². The first-order chi connectivity index (χ1) is 6.28. The number of rotatable bonds is 2. The number of nitrogens with one attached hydrogen (secondary N) is 1. The summed E-state index contributed by atoms with van der Waals surface area (Å²) < 4.78 is 0. The zero-order chi connectivity index (χ0) is 9.31. The van der Waals surface area contributed by atoms with Gasteiger partial charge in [0.05, 0.1) is 0 Å². The normalized spacial score (nSPS) is 24.8. The lowest BCUT2D eigenvalue weighted by atomic mass is 10.1. The van der Waals surface area contributed by atoms with Crippen LogP contribution < -0.4 is 5.32 Å². The third kappa shape index (κ3) is 1.46. The predicted octanol–water partition coefficient (Wildman–Crippen LogP) is 0.661. The van der Waals surface area contributed by atoms with Crippen molar-refractivity contribution in [2.24, 2.45) is 0 Å². The van der Waals surface area contributed by atoms with Crippen LogP contribution in [0.15, 0.2) is 0 Å². The van der Waals surface area contributed by atoms with Crippen molar-refractivity contribution in [3.8, 4) is 0 Å². The van der Waals surface area contributed by atoms with E-state index in [2.05, 4.69) is 17.1 Å². The summed E-state index contributed by atoms with van der Waals surface area (Å²) in [5.74, 6) is 1.45. The molecule has 0 aromatic carbocycles. The van der Waals surface area contributed by atoms with E-state index in [-0.39, 0.29) is 4.87 Å². The molecule has 2 fully saturated rings. The molecular weight excluding hydrogens is 184 g/mol. The lowest BCUT2D eigenvalue weighted by Crippen LogP contribution is -2.65. The lowest BCUT2D eigenvalue weighted by molar-refractivity contribution is -0.134. The summed E-state index contributed by atoms with van der Waals surface area (Å²) in [6.45, 7) is 4.97. The van der Waals surface area contributed by atoms with Gasteiger partial charge in [-0.25, -0.2) is 0 Å². The van der Waals surface area contributed by atoms with Gasteiger partial charge in [0.1, 0.15) is 4.87 Å². The molecule has 1 amide bonds. The quantitative estimate of drug-likeness (QED) is 0.711. The number of amides is 1. The minimum Gasteiger partial charge on any atom is -0.325 e. The van der Waals surface area contributed by atoms with Crippen LogP contribution in [-0.4, -0.2) is 41.1 Å². The monoisotopic (exact) mass is 200 g/mol. The van der Waals surface area contributed by atoms with Crippen LogP contribution in [0.4, 0.5) is 0 Å². The Morgan fingerprint density at radius 3 is 2.92 bits per heavy atom. The zero-order valence-corrected chi connectivity index (χ0v) is 8.82. The minimum absolute atomic E-state index is 0.145. The summed E-state index contributed by atoms with van der Waals surface area (Å²) in [6.07, 6.45) is 1.67. The Balaban J connectivity index is 2.01. The van der Waals surface area contributed by atoms with E-state index in [4.69, 9.17) is 0 Å². The van der Waals surface area contributed by atoms with E-state index in [1.165, 1.54) is 0 Å². The maximum Gasteiger partial charge on any atom is 0.223 e. The van der Waals surface area contributed by atoms with Crippen LogP contribution in [0.25, 0.3) is 0 Å². The van der Waals surface area contributed by atoms with Gasteiger partial charge in [-0.15, -0.1) is 11.8 Å². The van der Waals surface area contributed by atoms with E-state index in [1.807, 2.05) is 11.8 Å². The highest BCUT2D eigenvalue weighted by atomic mass is 32.2. The molecule has 0 aliphatic carbocycles. The Hall–Kier alpha value is -0.220. The van der Waals surface area contributed by atoms with Crippen molar-refractivity contribution in [2.75, 3.05) is 25.4 Å². The fourth-order valence-electron chi connectivity index (χ4n) is 1.94. The number of carbonyl (C=O) groups is 1. The van der Waals surface area contributed by atoms with Gasteiger partial charge in [-0.05, 0) is 6.42 Å². The van der Waals surface area contributed by atoms with Crippen LogP contribution in [0, 0.1) is 0 Å². The molecule has 0 unspecified atom stereocenters. The van der Waals surface area contributed by atoms with Gasteiger partial charge in [-0.3, -0.25) is 4.79 Å². The molecule has 0 bridgehead atoms. The van der Waals surface area contributed by atoms with Crippen molar-refractivity contribution < 1.29 is 4.79 Å². The predicted molar refractivity (Wildman–Crippen MR) is 54.7 cm³/mol. The Morgan fingerprint density at radius 2 is 2.38 bits per heavy atom. The maximum atomic E-state index is 11.7. The van der Waals surface area contributed by atoms with Crippen molar-refractivity contribution in [3.63, 3.8) is 0 Å². The molecule has 1 N–H and O–H groups in total. The Kier molecular flexibility index (Phi) is 2.51. The third-order valence-electron chi connectivity index (χ3n) is 2.74. The molecule has 13 heavy (non-hydrogen) atoms. The van der Waals surface area contributed by atoms with Crippen molar-refractivity contribution in [3.05, 3.63) is 0 Å². The topological polar surface area (TPSA) is 32.3 Å². The Labute approximate surface area is 83.2 Å². The molecule has 74 valence electrons. The molecule has 2 saturated heterocycles. The first-order valence-corrected chi connectivity index (χ1v) is 5.92. The van der Waals surface area contributed by atoms with E-state index in [1.54, 1.807) is 0 Å². The highest BCUT2D eigenvalue weighted by Gasteiger charge is 2.48. The summed E-state index contributed by atoms with van der Waals surface area (Å²) in [7, 11) is 0. The molecule has 0 aromatic heterocycles. The van der Waals surface area contributed by atoms with Gasteiger partial charge in [-0.2, -0.15) is 0 Å². The first-order valence-electron chi connectivity index (χ1n) is 4.94. The zero-order valence-electron chi connectivity index (χ0n) is 8.01. The molecule has 0 atom stereocenters. The molecule has 2 aliphatic heterocycles. The van der Waals surface area contributed by atoms with Crippen molar-refractivity contribution >= 4 is 17.7 Å². The largest absolute Gasteiger partial charge is 0.325 e. The van der Waals surface area contributed by atoms with E-state index in [0.717, 1.165) is 31.8 Å². The number of hydrogen-bond acceptors (Lipinski definition) is 3. The van der Waals surface area contributed by atoms with Crippen molar-refractivity contribution in [1.82, 2.24) is 10.2 Å². The van der Waals surface area contributed by atoms with Crippen LogP contribution in [0.1, 0.15) is 19.8 Å². The molecule has 1 spiro atoms. The smallest absolute Gasteiger partial charge is 0.223 e. The van der Waals surface area contributed by atoms with Crippen LogP contribution in [0.2, 0.25) is 0 Å². The molecule has 2 rings (SSSR count). The molecule has 2 aliphatic rings. The van der Waals surface area contributed by atoms with Gasteiger partial charge in [-0.1, -0.05) is 6.92 Å². The summed E-state index contributed by atoms with van der Waals surface area (Å²) in [6, 6.07) is 0. The third-order valence-corrected chi connectivity index (χ3v) is 4.18. The van der Waals surface area contributed by atoms with Crippen LogP contribution in [0.3, 0.4) is 0 Å². The minimum atomic E-state index is 0.145. The summed E-state index contributed by atoms with van der Waals surface area (Å²) >= 11 is 1.94. The number of carbonyl (C=O) groups excluding carboxylic acids is 1. The van der Waals surface area contributed by atoms with Crippen LogP contribution in [0.5, 0.6) is 0 Å².